The van der Waals surface area contributed by atoms with Gasteiger partial charge in [-0.25, -0.2) is 0 Å². The van der Waals surface area contributed by atoms with Crippen molar-refractivity contribution in [3.63, 3.8) is 0 Å². The molecule has 24 heavy (non-hydrogen) atoms. The minimum Gasteiger partial charge on any atom is -0.381 e. The van der Waals surface area contributed by atoms with E-state index in [1.165, 1.54) is 12.1 Å². The molecule has 1 aromatic rings. The first-order valence-electron chi connectivity index (χ1n) is 8.48. The molecule has 0 spiro atoms. The number of halogens is 3. The molecule has 2 aliphatic rings. The zero-order chi connectivity index (χ0) is 17.2. The van der Waals surface area contributed by atoms with Crippen LogP contribution in [0.25, 0.3) is 0 Å². The molecule has 0 aromatic heterocycles. The monoisotopic (exact) mass is 341 g/mol. The highest BCUT2D eigenvalue weighted by atomic mass is 19.4. The maximum absolute atomic E-state index is 12.8. The predicted molar refractivity (Wildman–Crippen MR) is 83.9 cm³/mol. The SMILES string of the molecule is O=C(c1cccc(C(F)(F)F)c1)[C@H]1CCCN(C2CCOCC2)C1. The number of carbonyl (C=O) groups is 1. The van der Waals surface area contributed by atoms with Gasteiger partial charge in [-0.1, -0.05) is 12.1 Å². The number of piperidine rings is 1. The predicted octanol–water partition coefficient (Wildman–Crippen LogP) is 3.78. The fourth-order valence-electron chi connectivity index (χ4n) is 3.69. The van der Waals surface area contributed by atoms with Crippen molar-refractivity contribution < 1.29 is 22.7 Å². The van der Waals surface area contributed by atoms with Crippen LogP contribution in [0.4, 0.5) is 13.2 Å². The van der Waals surface area contributed by atoms with Crippen molar-refractivity contribution in [2.75, 3.05) is 26.3 Å². The Hall–Kier alpha value is -1.40. The van der Waals surface area contributed by atoms with Crippen LogP contribution in [0.3, 0.4) is 0 Å². The number of ketones is 1. The summed E-state index contributed by atoms with van der Waals surface area (Å²) in [6.45, 7) is 3.08. The van der Waals surface area contributed by atoms with E-state index in [1.54, 1.807) is 0 Å². The van der Waals surface area contributed by atoms with Crippen LogP contribution in [-0.2, 0) is 10.9 Å². The molecular weight excluding hydrogens is 319 g/mol. The minimum absolute atomic E-state index is 0.169. The van der Waals surface area contributed by atoms with Crippen molar-refractivity contribution in [3.05, 3.63) is 35.4 Å². The molecule has 1 aromatic carbocycles. The molecule has 0 radical (unpaired) electrons. The number of Topliss-reactive ketones (excluding diaryl/α,β-unsaturated/α-hetero) is 1. The summed E-state index contributed by atoms with van der Waals surface area (Å²) in [7, 11) is 0. The molecule has 2 aliphatic heterocycles. The molecule has 2 heterocycles. The van der Waals surface area contributed by atoms with Gasteiger partial charge in [0.1, 0.15) is 0 Å². The molecule has 1 atom stereocenters. The van der Waals surface area contributed by atoms with Gasteiger partial charge in [-0.2, -0.15) is 13.2 Å². The summed E-state index contributed by atoms with van der Waals surface area (Å²) in [5.41, 5.74) is -0.589. The van der Waals surface area contributed by atoms with Crippen LogP contribution >= 0.6 is 0 Å². The number of ether oxygens (including phenoxy) is 1. The molecule has 0 bridgehead atoms. The van der Waals surface area contributed by atoms with Gasteiger partial charge in [0.15, 0.2) is 5.78 Å². The van der Waals surface area contributed by atoms with Crippen molar-refractivity contribution in [1.29, 1.82) is 0 Å². The summed E-state index contributed by atoms with van der Waals surface area (Å²) >= 11 is 0. The Morgan fingerprint density at radius 3 is 2.62 bits per heavy atom. The number of nitrogens with zero attached hydrogens (tertiary/aromatic N) is 1. The molecule has 6 heteroatoms. The second kappa shape index (κ2) is 7.23. The Balaban J connectivity index is 1.70. The Bertz CT molecular complexity index is 582. The summed E-state index contributed by atoms with van der Waals surface area (Å²) in [5, 5.41) is 0. The molecule has 2 fully saturated rings. The lowest BCUT2D eigenvalue weighted by atomic mass is 9.88. The van der Waals surface area contributed by atoms with Crippen LogP contribution in [0, 0.1) is 5.92 Å². The van der Waals surface area contributed by atoms with Crippen molar-refractivity contribution in [2.24, 2.45) is 5.92 Å². The zero-order valence-electron chi connectivity index (χ0n) is 13.5. The Morgan fingerprint density at radius 1 is 1.17 bits per heavy atom. The molecule has 2 saturated heterocycles. The first kappa shape index (κ1) is 17.4. The second-order valence-corrected chi connectivity index (χ2v) is 6.62. The molecule has 3 nitrogen and oxygen atoms in total. The maximum Gasteiger partial charge on any atom is 0.416 e. The molecule has 0 saturated carbocycles. The Kier molecular flexibility index (Phi) is 5.25. The van der Waals surface area contributed by atoms with Crippen LogP contribution in [0.1, 0.15) is 41.6 Å². The van der Waals surface area contributed by atoms with Crippen molar-refractivity contribution >= 4 is 5.78 Å². The third-order valence-corrected chi connectivity index (χ3v) is 5.01. The third-order valence-electron chi connectivity index (χ3n) is 5.01. The Labute approximate surface area is 139 Å². The van der Waals surface area contributed by atoms with E-state index in [1.807, 2.05) is 0 Å². The quantitative estimate of drug-likeness (QED) is 0.784. The largest absolute Gasteiger partial charge is 0.416 e. The summed E-state index contributed by atoms with van der Waals surface area (Å²) < 4.78 is 43.9. The number of rotatable bonds is 3. The summed E-state index contributed by atoms with van der Waals surface area (Å²) in [4.78, 5) is 15.0. The number of alkyl halides is 3. The van der Waals surface area contributed by atoms with E-state index in [4.69, 9.17) is 4.74 Å². The van der Waals surface area contributed by atoms with Crippen LogP contribution in [-0.4, -0.2) is 43.0 Å². The zero-order valence-corrected chi connectivity index (χ0v) is 13.5. The lowest BCUT2D eigenvalue weighted by Gasteiger charge is -2.39. The maximum atomic E-state index is 12.8. The van der Waals surface area contributed by atoms with Crippen LogP contribution < -0.4 is 0 Å². The van der Waals surface area contributed by atoms with Crippen molar-refractivity contribution in [2.45, 2.75) is 37.9 Å². The first-order valence-corrected chi connectivity index (χ1v) is 8.48. The van der Waals surface area contributed by atoms with Gasteiger partial charge < -0.3 is 4.74 Å². The van der Waals surface area contributed by atoms with Crippen LogP contribution in [0.15, 0.2) is 24.3 Å². The van der Waals surface area contributed by atoms with E-state index in [0.717, 1.165) is 57.6 Å². The molecule has 0 N–H and O–H groups in total. The summed E-state index contributed by atoms with van der Waals surface area (Å²) in [5.74, 6) is -0.386. The van der Waals surface area contributed by atoms with Gasteiger partial charge in [0.25, 0.3) is 0 Å². The lowest BCUT2D eigenvalue weighted by Crippen LogP contribution is -2.46. The van der Waals surface area contributed by atoms with Crippen LogP contribution in [0.5, 0.6) is 0 Å². The third kappa shape index (κ3) is 3.98. The molecule has 132 valence electrons. The first-order chi connectivity index (χ1) is 11.4. The number of hydrogen-bond acceptors (Lipinski definition) is 3. The van der Waals surface area contributed by atoms with Crippen LogP contribution in [0.2, 0.25) is 0 Å². The van der Waals surface area contributed by atoms with Gasteiger partial charge >= 0.3 is 6.18 Å². The van der Waals surface area contributed by atoms with Gasteiger partial charge in [0, 0.05) is 37.3 Å². The fourth-order valence-corrected chi connectivity index (χ4v) is 3.69. The molecule has 0 amide bonds. The number of hydrogen-bond donors (Lipinski definition) is 0. The summed E-state index contributed by atoms with van der Waals surface area (Å²) in [6, 6.07) is 5.22. The van der Waals surface area contributed by atoms with E-state index >= 15 is 0 Å². The van der Waals surface area contributed by atoms with E-state index in [-0.39, 0.29) is 17.3 Å². The van der Waals surface area contributed by atoms with Gasteiger partial charge in [-0.3, -0.25) is 9.69 Å². The van der Waals surface area contributed by atoms with Crippen molar-refractivity contribution in [3.8, 4) is 0 Å². The minimum atomic E-state index is -4.42. The van der Waals surface area contributed by atoms with Crippen molar-refractivity contribution in [1.82, 2.24) is 4.90 Å². The highest BCUT2D eigenvalue weighted by Gasteiger charge is 2.33. The highest BCUT2D eigenvalue weighted by Crippen LogP contribution is 2.31. The highest BCUT2D eigenvalue weighted by molar-refractivity contribution is 5.98. The van der Waals surface area contributed by atoms with E-state index in [0.29, 0.717) is 12.6 Å². The number of benzene rings is 1. The van der Waals surface area contributed by atoms with Gasteiger partial charge in [0.05, 0.1) is 5.56 Å². The molecule has 0 aliphatic carbocycles. The van der Waals surface area contributed by atoms with E-state index in [2.05, 4.69) is 4.90 Å². The second-order valence-electron chi connectivity index (χ2n) is 6.62. The fraction of sp³-hybridized carbons (Fsp3) is 0.611. The molecule has 3 rings (SSSR count). The van der Waals surface area contributed by atoms with Gasteiger partial charge in [-0.15, -0.1) is 0 Å². The Morgan fingerprint density at radius 2 is 1.92 bits per heavy atom. The average molecular weight is 341 g/mol. The lowest BCUT2D eigenvalue weighted by molar-refractivity contribution is -0.137. The smallest absolute Gasteiger partial charge is 0.381 e. The number of carbonyl (C=O) groups excluding carboxylic acids is 1. The normalized spacial score (nSPS) is 24.0. The standard InChI is InChI=1S/C18H22F3NO2/c19-18(20,21)15-5-1-3-13(11-15)17(23)14-4-2-8-22(12-14)16-6-9-24-10-7-16/h1,3,5,11,14,16H,2,4,6-10,12H2/t14-/m0/s1. The van der Waals surface area contributed by atoms with E-state index < -0.39 is 11.7 Å². The molecular formula is C18H22F3NO2. The average Bonchev–Trinajstić information content (AvgIpc) is 2.61. The summed E-state index contributed by atoms with van der Waals surface area (Å²) in [6.07, 6.45) is -0.840. The topological polar surface area (TPSA) is 29.5 Å². The van der Waals surface area contributed by atoms with Gasteiger partial charge in [0.2, 0.25) is 0 Å². The van der Waals surface area contributed by atoms with E-state index in [9.17, 15) is 18.0 Å². The number of likely N-dealkylation sites (tertiary alicyclic amines) is 1. The van der Waals surface area contributed by atoms with Gasteiger partial charge in [-0.05, 0) is 44.4 Å². The molecule has 0 unspecified atom stereocenters.